The minimum atomic E-state index is 0.000883. The van der Waals surface area contributed by atoms with Crippen molar-refractivity contribution in [2.24, 2.45) is 5.92 Å². The monoisotopic (exact) mass is 486 g/mol. The zero-order chi connectivity index (χ0) is 24.6. The molecule has 2 saturated heterocycles. The molecule has 1 atom stereocenters. The van der Waals surface area contributed by atoms with Crippen molar-refractivity contribution in [1.29, 1.82) is 0 Å². The largest absolute Gasteiger partial charge is 0.368 e. The van der Waals surface area contributed by atoms with E-state index in [0.29, 0.717) is 0 Å². The Morgan fingerprint density at radius 3 is 2.47 bits per heavy atom. The van der Waals surface area contributed by atoms with E-state index in [1.54, 1.807) is 6.92 Å². The van der Waals surface area contributed by atoms with E-state index >= 15 is 0 Å². The summed E-state index contributed by atoms with van der Waals surface area (Å²) < 4.78 is 2.01. The van der Waals surface area contributed by atoms with Crippen LogP contribution in [-0.2, 0) is 17.6 Å². The Morgan fingerprint density at radius 2 is 1.69 bits per heavy atom. The number of aromatic nitrogens is 3. The van der Waals surface area contributed by atoms with Gasteiger partial charge in [-0.1, -0.05) is 0 Å². The zero-order valence-corrected chi connectivity index (χ0v) is 21.0. The number of hydrogen-bond acceptors (Lipinski definition) is 6. The van der Waals surface area contributed by atoms with E-state index in [1.165, 1.54) is 24.1 Å². The SMILES string of the molecule is CC(=O)c1ccc(N2CCN(C(=O)C3CCCN(c4nccn5nc6c(c45)CCCC6)C3)CC2)cc1. The molecule has 2 aliphatic heterocycles. The van der Waals surface area contributed by atoms with E-state index < -0.39 is 0 Å². The van der Waals surface area contributed by atoms with Crippen molar-refractivity contribution in [3.05, 3.63) is 53.5 Å². The fraction of sp³-hybridized carbons (Fsp3) is 0.500. The van der Waals surface area contributed by atoms with Gasteiger partial charge in [-0.05, 0) is 69.7 Å². The molecule has 0 N–H and O–H groups in total. The molecule has 1 unspecified atom stereocenters. The van der Waals surface area contributed by atoms with Gasteiger partial charge < -0.3 is 14.7 Å². The van der Waals surface area contributed by atoms with Crippen LogP contribution in [-0.4, -0.2) is 70.5 Å². The summed E-state index contributed by atoms with van der Waals surface area (Å²) in [6.07, 6.45) is 10.2. The van der Waals surface area contributed by atoms with Crippen molar-refractivity contribution in [2.45, 2.75) is 45.4 Å². The molecule has 8 heteroatoms. The summed E-state index contributed by atoms with van der Waals surface area (Å²) in [5.41, 5.74) is 5.55. The van der Waals surface area contributed by atoms with E-state index in [4.69, 9.17) is 10.1 Å². The van der Waals surface area contributed by atoms with Gasteiger partial charge in [-0.25, -0.2) is 9.50 Å². The van der Waals surface area contributed by atoms with E-state index in [9.17, 15) is 9.59 Å². The maximum atomic E-state index is 13.5. The molecule has 2 aromatic heterocycles. The van der Waals surface area contributed by atoms with Crippen molar-refractivity contribution < 1.29 is 9.59 Å². The Balaban J connectivity index is 1.13. The standard InChI is InChI=1S/C28H34N6O2/c1-20(35)21-8-10-23(11-9-21)31-15-17-32(18-16-31)28(36)22-5-4-13-33(19-22)27-26-24-6-2-3-7-25(24)30-34(26)14-12-29-27/h8-12,14,22H,2-7,13,15-19H2,1H3. The average molecular weight is 487 g/mol. The lowest BCUT2D eigenvalue weighted by atomic mass is 9.94. The van der Waals surface area contributed by atoms with Crippen LogP contribution in [0.4, 0.5) is 11.5 Å². The average Bonchev–Trinajstić information content (AvgIpc) is 3.32. The van der Waals surface area contributed by atoms with Crippen LogP contribution in [0.3, 0.4) is 0 Å². The molecule has 4 heterocycles. The molecule has 0 radical (unpaired) electrons. The predicted octanol–water partition coefficient (Wildman–Crippen LogP) is 3.38. The van der Waals surface area contributed by atoms with Gasteiger partial charge in [-0.15, -0.1) is 0 Å². The van der Waals surface area contributed by atoms with Gasteiger partial charge in [0.1, 0.15) is 5.52 Å². The van der Waals surface area contributed by atoms with Crippen LogP contribution in [0.15, 0.2) is 36.7 Å². The summed E-state index contributed by atoms with van der Waals surface area (Å²) in [4.78, 5) is 36.6. The second kappa shape index (κ2) is 9.56. The van der Waals surface area contributed by atoms with E-state index in [2.05, 4.69) is 9.80 Å². The fourth-order valence-corrected chi connectivity index (χ4v) is 6.10. The Kier molecular flexibility index (Phi) is 6.11. The highest BCUT2D eigenvalue weighted by Crippen LogP contribution is 2.32. The molecule has 0 bridgehead atoms. The molecule has 36 heavy (non-hydrogen) atoms. The van der Waals surface area contributed by atoms with Gasteiger partial charge in [0.2, 0.25) is 5.91 Å². The van der Waals surface area contributed by atoms with Crippen LogP contribution in [0.2, 0.25) is 0 Å². The third-order valence-electron chi connectivity index (χ3n) is 8.10. The molecule has 6 rings (SSSR count). The number of anilines is 2. The highest BCUT2D eigenvalue weighted by atomic mass is 16.2. The highest BCUT2D eigenvalue weighted by molar-refractivity contribution is 5.94. The van der Waals surface area contributed by atoms with Crippen molar-refractivity contribution in [1.82, 2.24) is 19.5 Å². The van der Waals surface area contributed by atoms with Gasteiger partial charge in [-0.3, -0.25) is 9.59 Å². The van der Waals surface area contributed by atoms with Crippen molar-refractivity contribution in [3.8, 4) is 0 Å². The molecule has 8 nitrogen and oxygen atoms in total. The molecule has 0 saturated carbocycles. The molecule has 3 aliphatic rings. The summed E-state index contributed by atoms with van der Waals surface area (Å²) in [5.74, 6) is 1.34. The Morgan fingerprint density at radius 1 is 0.917 bits per heavy atom. The summed E-state index contributed by atoms with van der Waals surface area (Å²) in [6.45, 7) is 6.32. The number of fused-ring (bicyclic) bond motifs is 3. The fourth-order valence-electron chi connectivity index (χ4n) is 6.10. The third-order valence-corrected chi connectivity index (χ3v) is 8.10. The normalized spacial score (nSPS) is 20.5. The van der Waals surface area contributed by atoms with Gasteiger partial charge in [0.05, 0.1) is 11.6 Å². The van der Waals surface area contributed by atoms with Gasteiger partial charge >= 0.3 is 0 Å². The number of carbonyl (C=O) groups is 2. The minimum absolute atomic E-state index is 0.000883. The van der Waals surface area contributed by atoms with Crippen molar-refractivity contribution in [3.63, 3.8) is 0 Å². The number of rotatable bonds is 4. The molecule has 1 aromatic carbocycles. The first-order chi connectivity index (χ1) is 17.6. The topological polar surface area (TPSA) is 74.1 Å². The van der Waals surface area contributed by atoms with Crippen LogP contribution >= 0.6 is 0 Å². The van der Waals surface area contributed by atoms with Crippen molar-refractivity contribution in [2.75, 3.05) is 49.1 Å². The van der Waals surface area contributed by atoms with Gasteiger partial charge in [-0.2, -0.15) is 5.10 Å². The van der Waals surface area contributed by atoms with Gasteiger partial charge in [0, 0.05) is 68.5 Å². The number of benzene rings is 1. The number of amides is 1. The number of hydrogen-bond donors (Lipinski definition) is 0. The van der Waals surface area contributed by atoms with E-state index in [-0.39, 0.29) is 17.6 Å². The first-order valence-corrected chi connectivity index (χ1v) is 13.3. The van der Waals surface area contributed by atoms with E-state index in [0.717, 1.165) is 87.5 Å². The quantitative estimate of drug-likeness (QED) is 0.527. The van der Waals surface area contributed by atoms with Crippen LogP contribution < -0.4 is 9.80 Å². The Hall–Kier alpha value is -3.42. The zero-order valence-electron chi connectivity index (χ0n) is 21.0. The van der Waals surface area contributed by atoms with Crippen LogP contribution in [0, 0.1) is 5.92 Å². The number of ketones is 1. The summed E-state index contributed by atoms with van der Waals surface area (Å²) in [7, 11) is 0. The summed E-state index contributed by atoms with van der Waals surface area (Å²) >= 11 is 0. The molecule has 188 valence electrons. The van der Waals surface area contributed by atoms with Crippen LogP contribution in [0.1, 0.15) is 54.2 Å². The van der Waals surface area contributed by atoms with Gasteiger partial charge in [0.25, 0.3) is 0 Å². The third kappa shape index (κ3) is 4.22. The number of aryl methyl sites for hydroxylation is 2. The number of nitrogens with zero attached hydrogens (tertiary/aromatic N) is 6. The van der Waals surface area contributed by atoms with Crippen molar-refractivity contribution >= 4 is 28.7 Å². The minimum Gasteiger partial charge on any atom is -0.368 e. The first-order valence-electron chi connectivity index (χ1n) is 13.3. The maximum absolute atomic E-state index is 13.5. The first kappa shape index (κ1) is 23.0. The van der Waals surface area contributed by atoms with Crippen LogP contribution in [0.5, 0.6) is 0 Å². The highest BCUT2D eigenvalue weighted by Gasteiger charge is 2.33. The molecule has 3 aromatic rings. The molecule has 1 amide bonds. The second-order valence-electron chi connectivity index (χ2n) is 10.4. The molecular formula is C28H34N6O2. The lowest BCUT2D eigenvalue weighted by molar-refractivity contribution is -0.136. The van der Waals surface area contributed by atoms with Crippen LogP contribution in [0.25, 0.3) is 5.52 Å². The number of piperidine rings is 1. The Labute approximate surface area is 211 Å². The van der Waals surface area contributed by atoms with E-state index in [1.807, 2.05) is 46.1 Å². The number of Topliss-reactive ketones (excluding diaryl/α,β-unsaturated/α-hetero) is 1. The lowest BCUT2D eigenvalue weighted by Gasteiger charge is -2.40. The summed E-state index contributed by atoms with van der Waals surface area (Å²) in [6, 6.07) is 7.79. The number of piperazine rings is 1. The Bertz CT molecular complexity index is 1280. The molecule has 1 aliphatic carbocycles. The maximum Gasteiger partial charge on any atom is 0.227 e. The predicted molar refractivity (Wildman–Crippen MR) is 140 cm³/mol. The second-order valence-corrected chi connectivity index (χ2v) is 10.4. The smallest absolute Gasteiger partial charge is 0.227 e. The summed E-state index contributed by atoms with van der Waals surface area (Å²) in [5, 5.41) is 4.84. The van der Waals surface area contributed by atoms with Gasteiger partial charge in [0.15, 0.2) is 11.6 Å². The number of carbonyl (C=O) groups excluding carboxylic acids is 2. The molecule has 0 spiro atoms. The lowest BCUT2D eigenvalue weighted by Crippen LogP contribution is -2.52. The molecular weight excluding hydrogens is 452 g/mol. The molecule has 2 fully saturated rings.